The Bertz CT molecular complexity index is 1350. The summed E-state index contributed by atoms with van der Waals surface area (Å²) in [5.74, 6) is -2.43. The largest absolute Gasteiger partial charge is 0.479 e. The summed E-state index contributed by atoms with van der Waals surface area (Å²) < 4.78 is 37.1. The summed E-state index contributed by atoms with van der Waals surface area (Å²) in [6.45, 7) is 0.420. The van der Waals surface area contributed by atoms with Crippen LogP contribution in [0.25, 0.3) is 27.7 Å². The van der Waals surface area contributed by atoms with Crippen molar-refractivity contribution in [3.8, 4) is 17.0 Å². The molecule has 176 valence electrons. The summed E-state index contributed by atoms with van der Waals surface area (Å²) in [7, 11) is 1.51. The van der Waals surface area contributed by atoms with Gasteiger partial charge in [-0.15, -0.1) is 5.10 Å². The van der Waals surface area contributed by atoms with E-state index < -0.39 is 12.0 Å². The molecule has 6 rings (SSSR count). The Kier molecular flexibility index (Phi) is 5.05. The Balaban J connectivity index is 1.30. The number of nitrogens with zero attached hydrogens (tertiary/aromatic N) is 6. The predicted octanol–water partition coefficient (Wildman–Crippen LogP) is 4.02. The van der Waals surface area contributed by atoms with Crippen LogP contribution in [0.5, 0.6) is 5.88 Å². The zero-order chi connectivity index (χ0) is 23.3. The molecule has 2 fully saturated rings. The normalized spacial score (nSPS) is 21.0. The number of piperidine rings is 1. The van der Waals surface area contributed by atoms with Gasteiger partial charge in [0.2, 0.25) is 11.8 Å². The molecular weight excluding hydrogens is 440 g/mol. The van der Waals surface area contributed by atoms with Crippen LogP contribution >= 0.6 is 0 Å². The SMILES string of the molecule is COc1nc(NC2CCN(C3CCC3)CC2(F)F)nn2ccc(-c3ccc4nccnc4c3)c12. The number of fused-ring (bicyclic) bond motifs is 2. The van der Waals surface area contributed by atoms with E-state index in [0.29, 0.717) is 30.4 Å². The van der Waals surface area contributed by atoms with Gasteiger partial charge in [-0.05, 0) is 43.0 Å². The fourth-order valence-electron chi connectivity index (χ4n) is 4.92. The van der Waals surface area contributed by atoms with Crippen molar-refractivity contribution in [2.45, 2.75) is 43.7 Å². The Morgan fingerprint density at radius 3 is 2.65 bits per heavy atom. The first-order valence-corrected chi connectivity index (χ1v) is 11.5. The van der Waals surface area contributed by atoms with Gasteiger partial charge in [-0.1, -0.05) is 12.5 Å². The Labute approximate surface area is 195 Å². The quantitative estimate of drug-likeness (QED) is 0.477. The summed E-state index contributed by atoms with van der Waals surface area (Å²) in [6.07, 6.45) is 8.59. The minimum atomic E-state index is -2.87. The second-order valence-corrected chi connectivity index (χ2v) is 9.03. The highest BCUT2D eigenvalue weighted by Crippen LogP contribution is 2.36. The Morgan fingerprint density at radius 1 is 1.09 bits per heavy atom. The molecule has 4 heterocycles. The van der Waals surface area contributed by atoms with Crippen LogP contribution in [0.2, 0.25) is 0 Å². The summed E-state index contributed by atoms with van der Waals surface area (Å²) in [6, 6.07) is 6.98. The third-order valence-electron chi connectivity index (χ3n) is 6.98. The number of ether oxygens (including phenoxy) is 1. The summed E-state index contributed by atoms with van der Waals surface area (Å²) in [4.78, 5) is 15.1. The smallest absolute Gasteiger partial charge is 0.280 e. The minimum absolute atomic E-state index is 0.123. The van der Waals surface area contributed by atoms with Crippen molar-refractivity contribution < 1.29 is 13.5 Å². The van der Waals surface area contributed by atoms with Crippen LogP contribution in [0.3, 0.4) is 0 Å². The van der Waals surface area contributed by atoms with E-state index in [4.69, 9.17) is 4.74 Å². The maximum Gasteiger partial charge on any atom is 0.280 e. The topological polar surface area (TPSA) is 80.5 Å². The lowest BCUT2D eigenvalue weighted by Crippen LogP contribution is -2.58. The van der Waals surface area contributed by atoms with E-state index in [9.17, 15) is 8.78 Å². The molecule has 3 aromatic heterocycles. The lowest BCUT2D eigenvalue weighted by Gasteiger charge is -2.45. The molecular formula is C24H25F2N7O. The van der Waals surface area contributed by atoms with E-state index in [2.05, 4.69) is 25.4 Å². The number of halogens is 2. The average molecular weight is 466 g/mol. The fourth-order valence-corrected chi connectivity index (χ4v) is 4.92. The number of methoxy groups -OCH3 is 1. The number of alkyl halides is 2. The lowest BCUT2D eigenvalue weighted by atomic mass is 9.88. The molecule has 4 aromatic rings. The first-order chi connectivity index (χ1) is 16.5. The summed E-state index contributed by atoms with van der Waals surface area (Å²) in [5.41, 5.74) is 3.99. The molecule has 1 saturated carbocycles. The number of hydrogen-bond acceptors (Lipinski definition) is 7. The monoisotopic (exact) mass is 465 g/mol. The van der Waals surface area contributed by atoms with Crippen LogP contribution in [-0.4, -0.2) is 67.7 Å². The lowest BCUT2D eigenvalue weighted by molar-refractivity contribution is -0.0921. The number of benzene rings is 1. The molecule has 1 aromatic carbocycles. The van der Waals surface area contributed by atoms with Gasteiger partial charge in [-0.3, -0.25) is 14.9 Å². The summed E-state index contributed by atoms with van der Waals surface area (Å²) in [5, 5.41) is 7.36. The molecule has 8 nitrogen and oxygen atoms in total. The molecule has 10 heteroatoms. The van der Waals surface area contributed by atoms with Crippen molar-refractivity contribution >= 4 is 22.5 Å². The second-order valence-electron chi connectivity index (χ2n) is 9.03. The number of likely N-dealkylation sites (tertiary alicyclic amines) is 1. The van der Waals surface area contributed by atoms with E-state index in [1.807, 2.05) is 29.2 Å². The van der Waals surface area contributed by atoms with Crippen molar-refractivity contribution in [3.63, 3.8) is 0 Å². The van der Waals surface area contributed by atoms with Crippen molar-refractivity contribution in [1.82, 2.24) is 29.5 Å². The molecule has 0 amide bonds. The second kappa shape index (κ2) is 8.12. The van der Waals surface area contributed by atoms with Gasteiger partial charge in [0.25, 0.3) is 5.92 Å². The first-order valence-electron chi connectivity index (χ1n) is 11.5. The number of aromatic nitrogens is 5. The molecule has 0 bridgehead atoms. The molecule has 0 radical (unpaired) electrons. The number of hydrogen-bond donors (Lipinski definition) is 1. The highest BCUT2D eigenvalue weighted by atomic mass is 19.3. The molecule has 1 unspecified atom stereocenters. The minimum Gasteiger partial charge on any atom is -0.479 e. The van der Waals surface area contributed by atoms with Gasteiger partial charge in [-0.25, -0.2) is 13.3 Å². The highest BCUT2D eigenvalue weighted by molar-refractivity contribution is 5.89. The number of anilines is 1. The third kappa shape index (κ3) is 3.62. The molecule has 1 atom stereocenters. The van der Waals surface area contributed by atoms with E-state index in [-0.39, 0.29) is 12.5 Å². The zero-order valence-electron chi connectivity index (χ0n) is 18.8. The predicted molar refractivity (Wildman–Crippen MR) is 124 cm³/mol. The maximum absolute atomic E-state index is 15.0. The molecule has 1 aliphatic heterocycles. The molecule has 1 saturated heterocycles. The van der Waals surface area contributed by atoms with Crippen LogP contribution in [0, 0.1) is 0 Å². The van der Waals surface area contributed by atoms with Crippen molar-refractivity contribution in [3.05, 3.63) is 42.9 Å². The molecule has 0 spiro atoms. The molecule has 2 aliphatic rings. The van der Waals surface area contributed by atoms with Gasteiger partial charge in [-0.2, -0.15) is 4.98 Å². The van der Waals surface area contributed by atoms with E-state index in [1.54, 1.807) is 23.1 Å². The summed E-state index contributed by atoms with van der Waals surface area (Å²) >= 11 is 0. The van der Waals surface area contributed by atoms with Gasteiger partial charge in [0.1, 0.15) is 5.52 Å². The Morgan fingerprint density at radius 2 is 1.91 bits per heavy atom. The van der Waals surface area contributed by atoms with Crippen LogP contribution in [0.4, 0.5) is 14.7 Å². The third-order valence-corrected chi connectivity index (χ3v) is 6.98. The van der Waals surface area contributed by atoms with Gasteiger partial charge in [0.15, 0.2) is 0 Å². The van der Waals surface area contributed by atoms with E-state index in [1.165, 1.54) is 7.11 Å². The van der Waals surface area contributed by atoms with Gasteiger partial charge in [0.05, 0.1) is 30.7 Å². The first kappa shape index (κ1) is 21.2. The van der Waals surface area contributed by atoms with Crippen LogP contribution < -0.4 is 10.1 Å². The van der Waals surface area contributed by atoms with Gasteiger partial charge >= 0.3 is 0 Å². The highest BCUT2D eigenvalue weighted by Gasteiger charge is 2.47. The van der Waals surface area contributed by atoms with E-state index >= 15 is 0 Å². The molecule has 1 aliphatic carbocycles. The van der Waals surface area contributed by atoms with Crippen LogP contribution in [0.15, 0.2) is 42.9 Å². The van der Waals surface area contributed by atoms with Crippen LogP contribution in [0.1, 0.15) is 25.7 Å². The average Bonchev–Trinajstić information content (AvgIpc) is 3.22. The van der Waals surface area contributed by atoms with Gasteiger partial charge in [0, 0.05) is 36.7 Å². The standard InChI is InChI=1S/C24H25F2N7O/c1-34-22-21-17(15-5-6-18-19(13-15)28-10-9-27-18)7-12-33(21)31-23(30-22)29-20-8-11-32(14-24(20,25)26)16-3-2-4-16/h5-7,9-10,12-13,16,20H,2-4,8,11,14H2,1H3,(H,29,31). The van der Waals surface area contributed by atoms with Crippen molar-refractivity contribution in [2.75, 3.05) is 25.5 Å². The van der Waals surface area contributed by atoms with E-state index in [0.717, 1.165) is 41.4 Å². The molecule has 34 heavy (non-hydrogen) atoms. The van der Waals surface area contributed by atoms with Crippen LogP contribution in [-0.2, 0) is 0 Å². The van der Waals surface area contributed by atoms with Gasteiger partial charge < -0.3 is 10.1 Å². The maximum atomic E-state index is 15.0. The fraction of sp³-hybridized carbons (Fsp3) is 0.417. The van der Waals surface area contributed by atoms with Crippen molar-refractivity contribution in [2.24, 2.45) is 0 Å². The molecule has 1 N–H and O–H groups in total. The number of rotatable bonds is 5. The Hall–Kier alpha value is -3.40. The zero-order valence-corrected chi connectivity index (χ0v) is 18.8. The van der Waals surface area contributed by atoms with Crippen molar-refractivity contribution in [1.29, 1.82) is 0 Å². The number of nitrogens with one attached hydrogen (secondary N) is 1.